The molecule has 120 valence electrons. The summed E-state index contributed by atoms with van der Waals surface area (Å²) in [6, 6.07) is 0. The van der Waals surface area contributed by atoms with Crippen molar-refractivity contribution in [2.24, 2.45) is 5.41 Å². The minimum absolute atomic E-state index is 0.0495. The highest BCUT2D eigenvalue weighted by Gasteiger charge is 2.63. The lowest BCUT2D eigenvalue weighted by molar-refractivity contribution is -0.262. The molecule has 0 saturated heterocycles. The van der Waals surface area contributed by atoms with Gasteiger partial charge < -0.3 is 9.29 Å². The zero-order chi connectivity index (χ0) is 16.6. The molecule has 0 N–H and O–H groups in total. The Balaban J connectivity index is 5.62. The van der Waals surface area contributed by atoms with Gasteiger partial charge in [-0.15, -0.1) is 0 Å². The molecule has 0 spiro atoms. The average Bonchev–Trinajstić information content (AvgIpc) is 2.21. The summed E-state index contributed by atoms with van der Waals surface area (Å²) < 4.78 is 97.7. The minimum atomic E-state index is -6.66. The Hall–Kier alpha value is -0.970. The van der Waals surface area contributed by atoms with Gasteiger partial charge in [-0.2, -0.15) is 22.0 Å². The number of carbonyl (C=O) groups excluding carboxylic acids is 1. The molecule has 11 heteroatoms. The Labute approximate surface area is 111 Å². The van der Waals surface area contributed by atoms with E-state index in [0.717, 1.165) is 13.8 Å². The van der Waals surface area contributed by atoms with Crippen molar-refractivity contribution in [3.8, 4) is 0 Å². The Bertz CT molecular complexity index is 468. The molecule has 0 aromatic carbocycles. The lowest BCUT2D eigenvalue weighted by atomic mass is 9.90. The van der Waals surface area contributed by atoms with Crippen LogP contribution in [0.25, 0.3) is 0 Å². The number of halogens is 5. The number of esters is 1. The number of rotatable bonds is 5. The summed E-state index contributed by atoms with van der Waals surface area (Å²) in [5.74, 6) is -1.69. The van der Waals surface area contributed by atoms with Crippen molar-refractivity contribution in [2.75, 3.05) is 0 Å². The molecule has 20 heavy (non-hydrogen) atoms. The second kappa shape index (κ2) is 5.43. The molecular formula is C9H12F5O5S-. The van der Waals surface area contributed by atoms with Gasteiger partial charge in [-0.3, -0.25) is 4.79 Å². The summed E-state index contributed by atoms with van der Waals surface area (Å²) in [5.41, 5.74) is -1.55. The maximum absolute atomic E-state index is 13.0. The second-order valence-corrected chi connectivity index (χ2v) is 6.03. The van der Waals surface area contributed by atoms with Crippen LogP contribution in [0.3, 0.4) is 0 Å². The van der Waals surface area contributed by atoms with Crippen molar-refractivity contribution in [3.63, 3.8) is 0 Å². The Morgan fingerprint density at radius 3 is 1.85 bits per heavy atom. The third-order valence-electron chi connectivity index (χ3n) is 2.60. The Morgan fingerprint density at radius 1 is 1.20 bits per heavy atom. The van der Waals surface area contributed by atoms with Gasteiger partial charge in [-0.05, 0) is 20.3 Å². The van der Waals surface area contributed by atoms with Crippen molar-refractivity contribution in [1.82, 2.24) is 0 Å². The van der Waals surface area contributed by atoms with Gasteiger partial charge in [0.1, 0.15) is 0 Å². The summed E-state index contributed by atoms with van der Waals surface area (Å²) in [7, 11) is -6.66. The van der Waals surface area contributed by atoms with Crippen LogP contribution in [-0.4, -0.2) is 36.5 Å². The highest BCUT2D eigenvalue weighted by Crippen LogP contribution is 2.39. The normalized spacial score (nSPS) is 15.8. The number of alkyl halides is 5. The van der Waals surface area contributed by atoms with E-state index in [4.69, 9.17) is 0 Å². The molecular weight excluding hydrogens is 315 g/mol. The predicted octanol–water partition coefficient (Wildman–Crippen LogP) is 2.03. The highest BCUT2D eigenvalue weighted by molar-refractivity contribution is 7.86. The van der Waals surface area contributed by atoms with Crippen molar-refractivity contribution >= 4 is 16.1 Å². The van der Waals surface area contributed by atoms with E-state index in [0.29, 0.717) is 0 Å². The zero-order valence-electron chi connectivity index (χ0n) is 10.6. The van der Waals surface area contributed by atoms with Crippen molar-refractivity contribution in [2.45, 2.75) is 44.7 Å². The molecule has 0 saturated carbocycles. The maximum atomic E-state index is 13.0. The lowest BCUT2D eigenvalue weighted by Crippen LogP contribution is -2.53. The first kappa shape index (κ1) is 19.0. The summed E-state index contributed by atoms with van der Waals surface area (Å²) in [6.45, 7) is 3.62. The van der Waals surface area contributed by atoms with Gasteiger partial charge in [-0.1, -0.05) is 6.92 Å². The van der Waals surface area contributed by atoms with Crippen LogP contribution < -0.4 is 0 Å². The van der Waals surface area contributed by atoms with Gasteiger partial charge in [0.25, 0.3) is 6.10 Å². The van der Waals surface area contributed by atoms with E-state index < -0.39 is 39.0 Å². The molecule has 0 radical (unpaired) electrons. The number of ether oxygens (including phenoxy) is 1. The maximum Gasteiger partial charge on any atom is 0.432 e. The molecule has 1 atom stereocenters. The van der Waals surface area contributed by atoms with E-state index in [2.05, 4.69) is 4.74 Å². The Morgan fingerprint density at radius 2 is 1.60 bits per heavy atom. The minimum Gasteiger partial charge on any atom is -0.743 e. The van der Waals surface area contributed by atoms with Crippen LogP contribution in [0.15, 0.2) is 0 Å². The fourth-order valence-electron chi connectivity index (χ4n) is 0.868. The van der Waals surface area contributed by atoms with Crippen LogP contribution in [0.2, 0.25) is 0 Å². The second-order valence-electron chi connectivity index (χ2n) is 4.58. The van der Waals surface area contributed by atoms with Gasteiger partial charge in [0.2, 0.25) is 0 Å². The van der Waals surface area contributed by atoms with Crippen molar-refractivity contribution in [3.05, 3.63) is 0 Å². The standard InChI is InChI=1S/C9H13F5O5S/c1-4-7(2,3)6(15)19-5(8(10,11)12)9(13,14)20(16,17)18/h5H,4H2,1-3H3,(H,16,17,18)/p-1. The van der Waals surface area contributed by atoms with Gasteiger partial charge >= 0.3 is 17.4 Å². The first-order chi connectivity index (χ1) is 8.57. The van der Waals surface area contributed by atoms with Crippen LogP contribution >= 0.6 is 0 Å². The molecule has 0 aliphatic rings. The van der Waals surface area contributed by atoms with Gasteiger partial charge in [-0.25, -0.2) is 8.42 Å². The van der Waals surface area contributed by atoms with Crippen LogP contribution in [0, 0.1) is 5.41 Å². The first-order valence-electron chi connectivity index (χ1n) is 5.18. The van der Waals surface area contributed by atoms with Crippen LogP contribution in [0.5, 0.6) is 0 Å². The predicted molar refractivity (Wildman–Crippen MR) is 54.7 cm³/mol. The van der Waals surface area contributed by atoms with Crippen LogP contribution in [-0.2, 0) is 19.6 Å². The molecule has 0 amide bonds. The van der Waals surface area contributed by atoms with E-state index in [1.165, 1.54) is 6.92 Å². The van der Waals surface area contributed by atoms with Crippen molar-refractivity contribution in [1.29, 1.82) is 0 Å². The summed E-state index contributed by atoms with van der Waals surface area (Å²) >= 11 is 0. The van der Waals surface area contributed by atoms with E-state index in [9.17, 15) is 39.7 Å². The molecule has 0 rings (SSSR count). The molecule has 0 bridgehead atoms. The molecule has 0 aliphatic heterocycles. The monoisotopic (exact) mass is 327 g/mol. The van der Waals surface area contributed by atoms with Gasteiger partial charge in [0.05, 0.1) is 5.41 Å². The highest BCUT2D eigenvalue weighted by atomic mass is 32.2. The van der Waals surface area contributed by atoms with Crippen LogP contribution in [0.1, 0.15) is 27.2 Å². The molecule has 0 aromatic rings. The lowest BCUT2D eigenvalue weighted by Gasteiger charge is -2.32. The quantitative estimate of drug-likeness (QED) is 0.438. The summed E-state index contributed by atoms with van der Waals surface area (Å²) in [4.78, 5) is 11.4. The largest absolute Gasteiger partial charge is 0.743 e. The molecule has 1 unspecified atom stereocenters. The summed E-state index contributed by atoms with van der Waals surface area (Å²) in [6.07, 6.45) is -10.3. The third-order valence-corrected chi connectivity index (χ3v) is 3.48. The third kappa shape index (κ3) is 4.01. The van der Waals surface area contributed by atoms with E-state index in [1.807, 2.05) is 0 Å². The van der Waals surface area contributed by atoms with E-state index >= 15 is 0 Å². The fourth-order valence-corrected chi connectivity index (χ4v) is 1.31. The van der Waals surface area contributed by atoms with Crippen LogP contribution in [0.4, 0.5) is 22.0 Å². The van der Waals surface area contributed by atoms with E-state index in [1.54, 1.807) is 0 Å². The SMILES string of the molecule is CCC(C)(C)C(=O)OC(C(F)(F)F)C(F)(F)S(=O)(=O)[O-]. The number of hydrogen-bond acceptors (Lipinski definition) is 5. The summed E-state index contributed by atoms with van der Waals surface area (Å²) in [5, 5.41) is -5.81. The molecule has 0 heterocycles. The van der Waals surface area contributed by atoms with E-state index in [-0.39, 0.29) is 6.42 Å². The zero-order valence-corrected chi connectivity index (χ0v) is 11.4. The number of carbonyl (C=O) groups is 1. The molecule has 0 fully saturated rings. The molecule has 0 aliphatic carbocycles. The fraction of sp³-hybridized carbons (Fsp3) is 0.889. The smallest absolute Gasteiger partial charge is 0.432 e. The van der Waals surface area contributed by atoms with Gasteiger partial charge in [0.15, 0.2) is 10.1 Å². The first-order valence-corrected chi connectivity index (χ1v) is 6.59. The van der Waals surface area contributed by atoms with Gasteiger partial charge in [0, 0.05) is 0 Å². The number of hydrogen-bond donors (Lipinski definition) is 0. The topological polar surface area (TPSA) is 83.5 Å². The van der Waals surface area contributed by atoms with Crippen molar-refractivity contribution < 1.29 is 44.5 Å². The molecule has 0 aromatic heterocycles. The molecule has 5 nitrogen and oxygen atoms in total. The average molecular weight is 327 g/mol. The Kier molecular flexibility index (Phi) is 5.17.